The minimum Gasteiger partial charge on any atom is -0.355 e. The molecule has 1 amide bonds. The van der Waals surface area contributed by atoms with Crippen LogP contribution in [0.4, 0.5) is 5.69 Å². The molecular weight excluding hydrogens is 306 g/mol. The zero-order valence-corrected chi connectivity index (χ0v) is 12.9. The quantitative estimate of drug-likeness (QED) is 0.871. The number of nitrogens with two attached hydrogens (primary N) is 1. The van der Waals surface area contributed by atoms with Crippen molar-refractivity contribution in [2.75, 3.05) is 18.0 Å². The van der Waals surface area contributed by atoms with Gasteiger partial charge in [-0.2, -0.15) is 0 Å². The molecule has 0 bridgehead atoms. The van der Waals surface area contributed by atoms with E-state index in [1.54, 1.807) is 0 Å². The molecule has 104 valence electrons. The molecule has 1 aromatic rings. The van der Waals surface area contributed by atoms with Gasteiger partial charge in [0, 0.05) is 23.6 Å². The van der Waals surface area contributed by atoms with Gasteiger partial charge in [0.1, 0.15) is 6.04 Å². The van der Waals surface area contributed by atoms with Crippen LogP contribution in [0.3, 0.4) is 0 Å². The second-order valence-corrected chi connectivity index (χ2v) is 5.90. The van der Waals surface area contributed by atoms with Crippen LogP contribution in [0.25, 0.3) is 0 Å². The molecule has 1 aliphatic heterocycles. The van der Waals surface area contributed by atoms with E-state index < -0.39 is 0 Å². The maximum atomic E-state index is 12.1. The molecule has 1 heterocycles. The number of nitrogens with zero attached hydrogens (tertiary/aromatic N) is 1. The van der Waals surface area contributed by atoms with Crippen LogP contribution in [0.5, 0.6) is 0 Å². The first-order valence-electron chi connectivity index (χ1n) is 6.57. The second-order valence-electron chi connectivity index (χ2n) is 5.04. The van der Waals surface area contributed by atoms with Crippen LogP contribution in [-0.4, -0.2) is 31.1 Å². The lowest BCUT2D eigenvalue weighted by atomic mass is 10.1. The number of carbonyl (C=O) groups excluding carboxylic acids is 1. The molecule has 1 aliphatic rings. The molecule has 1 fully saturated rings. The van der Waals surface area contributed by atoms with E-state index in [-0.39, 0.29) is 18.0 Å². The minimum absolute atomic E-state index is 0.0133. The fourth-order valence-corrected chi connectivity index (χ4v) is 3.24. The third-order valence-electron chi connectivity index (χ3n) is 3.58. The molecule has 0 spiro atoms. The Balaban J connectivity index is 2.44. The fraction of sp³-hybridized carbons (Fsp3) is 0.500. The van der Waals surface area contributed by atoms with Crippen molar-refractivity contribution in [1.29, 1.82) is 0 Å². The zero-order valence-electron chi connectivity index (χ0n) is 11.3. The second kappa shape index (κ2) is 5.92. The van der Waals surface area contributed by atoms with Crippen molar-refractivity contribution < 1.29 is 4.79 Å². The van der Waals surface area contributed by atoms with Crippen LogP contribution in [0.2, 0.25) is 0 Å². The largest absolute Gasteiger partial charge is 0.355 e. The molecule has 19 heavy (non-hydrogen) atoms. The summed E-state index contributed by atoms with van der Waals surface area (Å²) in [4.78, 5) is 14.2. The highest BCUT2D eigenvalue weighted by atomic mass is 79.9. The van der Waals surface area contributed by atoms with E-state index in [0.717, 1.165) is 16.6 Å². The van der Waals surface area contributed by atoms with Gasteiger partial charge < -0.3 is 16.0 Å². The van der Waals surface area contributed by atoms with Crippen molar-refractivity contribution in [3.8, 4) is 0 Å². The number of anilines is 1. The van der Waals surface area contributed by atoms with E-state index in [9.17, 15) is 4.79 Å². The van der Waals surface area contributed by atoms with Gasteiger partial charge in [-0.1, -0.05) is 6.07 Å². The number of amides is 1. The molecule has 1 saturated heterocycles. The molecule has 0 radical (unpaired) electrons. The van der Waals surface area contributed by atoms with Crippen LogP contribution in [0.1, 0.15) is 18.9 Å². The number of carbonyl (C=O) groups is 1. The Bertz CT molecular complexity index is 478. The maximum absolute atomic E-state index is 12.1. The van der Waals surface area contributed by atoms with Gasteiger partial charge in [-0.25, -0.2) is 0 Å². The average molecular weight is 326 g/mol. The summed E-state index contributed by atoms with van der Waals surface area (Å²) in [5, 5.41) is 2.93. The molecule has 3 N–H and O–H groups in total. The Hall–Kier alpha value is -1.07. The smallest absolute Gasteiger partial charge is 0.244 e. The minimum atomic E-state index is -0.309. The number of benzene rings is 1. The van der Waals surface area contributed by atoms with Crippen molar-refractivity contribution in [2.24, 2.45) is 5.73 Å². The summed E-state index contributed by atoms with van der Waals surface area (Å²) >= 11 is 3.60. The summed E-state index contributed by atoms with van der Waals surface area (Å²) in [6, 6.07) is 6.14. The predicted octanol–water partition coefficient (Wildman–Crippen LogP) is 1.80. The molecule has 4 nitrogen and oxygen atoms in total. The van der Waals surface area contributed by atoms with E-state index in [2.05, 4.69) is 51.3 Å². The topological polar surface area (TPSA) is 58.4 Å². The van der Waals surface area contributed by atoms with Gasteiger partial charge in [0.25, 0.3) is 0 Å². The molecule has 2 atom stereocenters. The third kappa shape index (κ3) is 2.92. The highest BCUT2D eigenvalue weighted by Crippen LogP contribution is 2.31. The van der Waals surface area contributed by atoms with Gasteiger partial charge in [0.05, 0.1) is 5.69 Å². The van der Waals surface area contributed by atoms with Crippen LogP contribution in [-0.2, 0) is 4.79 Å². The van der Waals surface area contributed by atoms with Crippen LogP contribution >= 0.6 is 15.9 Å². The number of hydrogen-bond acceptors (Lipinski definition) is 3. The molecule has 2 unspecified atom stereocenters. The Morgan fingerprint density at radius 2 is 2.26 bits per heavy atom. The van der Waals surface area contributed by atoms with Gasteiger partial charge in [-0.15, -0.1) is 0 Å². The standard InChI is InChI=1S/C14H20BrN3O/c1-9-3-4-12(11(15)7-9)18-10(2)5-6-17-14(19)13(18)8-16/h3-4,7,10,13H,5-6,8,16H2,1-2H3,(H,17,19). The SMILES string of the molecule is Cc1ccc(N2C(C)CCNC(=O)C2CN)c(Br)c1. The number of rotatable bonds is 2. The summed E-state index contributed by atoms with van der Waals surface area (Å²) in [6.07, 6.45) is 0.919. The highest BCUT2D eigenvalue weighted by molar-refractivity contribution is 9.10. The van der Waals surface area contributed by atoms with Crippen molar-refractivity contribution in [3.05, 3.63) is 28.2 Å². The number of halogens is 1. The molecule has 0 aliphatic carbocycles. The van der Waals surface area contributed by atoms with Gasteiger partial charge >= 0.3 is 0 Å². The summed E-state index contributed by atoms with van der Waals surface area (Å²) < 4.78 is 1.01. The van der Waals surface area contributed by atoms with Crippen molar-refractivity contribution in [3.63, 3.8) is 0 Å². The lowest BCUT2D eigenvalue weighted by molar-refractivity contribution is -0.121. The normalized spacial score (nSPS) is 24.0. The predicted molar refractivity (Wildman–Crippen MR) is 81.3 cm³/mol. The van der Waals surface area contributed by atoms with Gasteiger partial charge in [0.2, 0.25) is 5.91 Å². The zero-order chi connectivity index (χ0) is 14.0. The average Bonchev–Trinajstić information content (AvgIpc) is 2.49. The first-order valence-corrected chi connectivity index (χ1v) is 7.36. The fourth-order valence-electron chi connectivity index (χ4n) is 2.54. The molecule has 2 rings (SSSR count). The Labute approximate surface area is 122 Å². The van der Waals surface area contributed by atoms with E-state index in [0.29, 0.717) is 13.1 Å². The van der Waals surface area contributed by atoms with Crippen LogP contribution in [0, 0.1) is 6.92 Å². The van der Waals surface area contributed by atoms with Gasteiger partial charge in [-0.3, -0.25) is 4.79 Å². The lowest BCUT2D eigenvalue weighted by Gasteiger charge is -2.35. The monoisotopic (exact) mass is 325 g/mol. The van der Waals surface area contributed by atoms with E-state index in [1.165, 1.54) is 5.56 Å². The molecular formula is C14H20BrN3O. The summed E-state index contributed by atoms with van der Waals surface area (Å²) in [5.41, 5.74) is 8.04. The first-order chi connectivity index (χ1) is 9.04. The highest BCUT2D eigenvalue weighted by Gasteiger charge is 2.32. The maximum Gasteiger partial charge on any atom is 0.244 e. The van der Waals surface area contributed by atoms with Crippen molar-refractivity contribution in [1.82, 2.24) is 5.32 Å². The molecule has 5 heteroatoms. The van der Waals surface area contributed by atoms with Gasteiger partial charge in [0.15, 0.2) is 0 Å². The molecule has 1 aromatic carbocycles. The summed E-state index contributed by atoms with van der Waals surface area (Å²) in [5.74, 6) is 0.0133. The molecule has 0 saturated carbocycles. The lowest BCUT2D eigenvalue weighted by Crippen LogP contribution is -2.51. The first kappa shape index (κ1) is 14.3. The van der Waals surface area contributed by atoms with E-state index in [1.807, 2.05) is 6.92 Å². The number of nitrogens with one attached hydrogen (secondary N) is 1. The number of hydrogen-bond donors (Lipinski definition) is 2. The van der Waals surface area contributed by atoms with Crippen molar-refractivity contribution >= 4 is 27.5 Å². The molecule has 0 aromatic heterocycles. The summed E-state index contributed by atoms with van der Waals surface area (Å²) in [6.45, 7) is 5.20. The Morgan fingerprint density at radius 1 is 1.53 bits per heavy atom. The number of aryl methyl sites for hydroxylation is 1. The van der Waals surface area contributed by atoms with E-state index >= 15 is 0 Å². The van der Waals surface area contributed by atoms with Gasteiger partial charge in [-0.05, 0) is 53.9 Å². The van der Waals surface area contributed by atoms with E-state index in [4.69, 9.17) is 5.73 Å². The van der Waals surface area contributed by atoms with Crippen LogP contribution < -0.4 is 16.0 Å². The van der Waals surface area contributed by atoms with Crippen LogP contribution in [0.15, 0.2) is 22.7 Å². The third-order valence-corrected chi connectivity index (χ3v) is 4.21. The van der Waals surface area contributed by atoms with Crippen molar-refractivity contribution in [2.45, 2.75) is 32.4 Å². The Morgan fingerprint density at radius 3 is 2.89 bits per heavy atom. The Kier molecular flexibility index (Phi) is 4.47. The summed E-state index contributed by atoms with van der Waals surface area (Å²) in [7, 11) is 0.